The van der Waals surface area contributed by atoms with Crippen molar-refractivity contribution in [2.75, 3.05) is 16.6 Å². The predicted molar refractivity (Wildman–Crippen MR) is 126 cm³/mol. The summed E-state index contributed by atoms with van der Waals surface area (Å²) in [6.07, 6.45) is 8.57. The van der Waals surface area contributed by atoms with Gasteiger partial charge in [-0.1, -0.05) is 0 Å². The number of aromatic amines is 1. The van der Waals surface area contributed by atoms with E-state index < -0.39 is 10.0 Å². The Morgan fingerprint density at radius 1 is 1.24 bits per heavy atom. The summed E-state index contributed by atoms with van der Waals surface area (Å²) in [5.41, 5.74) is 1.45. The molecule has 11 nitrogen and oxygen atoms in total. The summed E-state index contributed by atoms with van der Waals surface area (Å²) in [6.45, 7) is 2.60. The first-order chi connectivity index (χ1) is 15.9. The van der Waals surface area contributed by atoms with E-state index in [1.165, 1.54) is 29.0 Å². The second kappa shape index (κ2) is 8.42. The number of anilines is 2. The summed E-state index contributed by atoms with van der Waals surface area (Å²) < 4.78 is 31.2. The number of hydrogen-bond acceptors (Lipinski definition) is 8. The average Bonchev–Trinajstić information content (AvgIpc) is 3.51. The zero-order valence-corrected chi connectivity index (χ0v) is 19.5. The lowest BCUT2D eigenvalue weighted by Crippen LogP contribution is -3.10. The molecule has 0 aliphatic carbocycles. The molecule has 1 aromatic carbocycles. The van der Waals surface area contributed by atoms with Gasteiger partial charge in [0.1, 0.15) is 12.7 Å². The highest BCUT2D eigenvalue weighted by Gasteiger charge is 2.32. The van der Waals surface area contributed by atoms with Gasteiger partial charge in [-0.25, -0.2) is 14.9 Å². The normalized spacial score (nSPS) is 17.5. The maximum absolute atomic E-state index is 12.5. The van der Waals surface area contributed by atoms with E-state index >= 15 is 0 Å². The lowest BCUT2D eigenvalue weighted by atomic mass is 10.3. The number of aliphatic imine (C=N–C) groups is 1. The molecule has 170 valence electrons. The molecule has 1 atom stereocenters. The number of H-pyrrole nitrogens is 1. The van der Waals surface area contributed by atoms with Crippen LogP contribution in [-0.2, 0) is 17.1 Å². The second-order valence-corrected chi connectivity index (χ2v) is 10.3. The Labute approximate surface area is 195 Å². The molecule has 1 unspecified atom stereocenters. The van der Waals surface area contributed by atoms with Crippen LogP contribution in [0.3, 0.4) is 0 Å². The molecule has 4 heterocycles. The molecule has 0 radical (unpaired) electrons. The number of quaternary nitrogens is 1. The lowest BCUT2D eigenvalue weighted by molar-refractivity contribution is -0.699. The van der Waals surface area contributed by atoms with Crippen molar-refractivity contribution >= 4 is 39.3 Å². The van der Waals surface area contributed by atoms with E-state index in [1.807, 2.05) is 37.5 Å². The van der Waals surface area contributed by atoms with Gasteiger partial charge >= 0.3 is 0 Å². The average molecular weight is 485 g/mol. The molecular weight excluding hydrogens is 462 g/mol. The minimum Gasteiger partial charge on any atom is -0.323 e. The highest BCUT2D eigenvalue weighted by molar-refractivity contribution is 7.97. The third kappa shape index (κ3) is 4.51. The smallest absolute Gasteiger partial charge is 0.279 e. The Morgan fingerprint density at radius 3 is 2.76 bits per heavy atom. The highest BCUT2D eigenvalue weighted by Crippen LogP contribution is 2.27. The van der Waals surface area contributed by atoms with Crippen LogP contribution in [0.2, 0.25) is 0 Å². The predicted octanol–water partition coefficient (Wildman–Crippen LogP) is 1.25. The summed E-state index contributed by atoms with van der Waals surface area (Å²) in [4.78, 5) is 10.4. The minimum absolute atomic E-state index is 0.101. The van der Waals surface area contributed by atoms with Gasteiger partial charge in [-0.15, -0.1) is 0 Å². The van der Waals surface area contributed by atoms with Crippen LogP contribution in [0.25, 0.3) is 0 Å². The van der Waals surface area contributed by atoms with Crippen LogP contribution >= 0.6 is 11.9 Å². The van der Waals surface area contributed by atoms with Crippen molar-refractivity contribution in [2.45, 2.75) is 16.8 Å². The van der Waals surface area contributed by atoms with Crippen LogP contribution in [-0.4, -0.2) is 44.9 Å². The molecule has 0 spiro atoms. The quantitative estimate of drug-likeness (QED) is 0.372. The van der Waals surface area contributed by atoms with Crippen LogP contribution in [0.15, 0.2) is 82.2 Å². The van der Waals surface area contributed by atoms with Gasteiger partial charge in [0.05, 0.1) is 24.9 Å². The number of rotatable bonds is 7. The Balaban J connectivity index is 1.30. The molecule has 0 bridgehead atoms. The molecule has 2 aliphatic rings. The molecule has 0 fully saturated rings. The Kier molecular flexibility index (Phi) is 5.44. The Hall–Kier alpha value is -3.55. The minimum atomic E-state index is -3.70. The third-order valence-corrected chi connectivity index (χ3v) is 7.40. The summed E-state index contributed by atoms with van der Waals surface area (Å²) in [5, 5.41) is 10.6. The van der Waals surface area contributed by atoms with Crippen molar-refractivity contribution < 1.29 is 13.3 Å². The van der Waals surface area contributed by atoms with Crippen molar-refractivity contribution in [1.29, 1.82) is 0 Å². The van der Waals surface area contributed by atoms with Gasteiger partial charge in [-0.2, -0.15) is 13.5 Å². The molecule has 2 aliphatic heterocycles. The number of nitrogens with zero attached hydrogens (tertiary/aromatic N) is 5. The zero-order valence-electron chi connectivity index (χ0n) is 17.8. The molecule has 2 aromatic heterocycles. The van der Waals surface area contributed by atoms with Crippen LogP contribution in [0.4, 0.5) is 11.5 Å². The third-order valence-electron chi connectivity index (χ3n) is 5.00. The molecule has 0 amide bonds. The van der Waals surface area contributed by atoms with Crippen LogP contribution in [0, 0.1) is 6.92 Å². The maximum atomic E-state index is 12.5. The number of aryl methyl sites for hydroxylation is 2. The molecule has 13 heteroatoms. The first-order valence-corrected chi connectivity index (χ1v) is 12.3. The largest absolute Gasteiger partial charge is 0.323 e. The zero-order chi connectivity index (χ0) is 23.0. The fourth-order valence-electron chi connectivity index (χ4n) is 3.45. The molecule has 3 aromatic rings. The van der Waals surface area contributed by atoms with Crippen LogP contribution < -0.4 is 14.9 Å². The van der Waals surface area contributed by atoms with E-state index in [2.05, 4.69) is 34.5 Å². The van der Waals surface area contributed by atoms with Gasteiger partial charge in [0.25, 0.3) is 10.0 Å². The van der Waals surface area contributed by atoms with E-state index in [0.29, 0.717) is 12.2 Å². The lowest BCUT2D eigenvalue weighted by Gasteiger charge is -2.27. The van der Waals surface area contributed by atoms with E-state index in [-0.39, 0.29) is 5.03 Å². The molecule has 0 saturated carbocycles. The van der Waals surface area contributed by atoms with Crippen LogP contribution in [0.1, 0.15) is 5.69 Å². The topological polar surface area (TPSA) is 125 Å². The number of fused-ring (bicyclic) bond motifs is 1. The van der Waals surface area contributed by atoms with Crippen molar-refractivity contribution in [3.8, 4) is 0 Å². The van der Waals surface area contributed by atoms with Crippen molar-refractivity contribution in [2.24, 2.45) is 12.0 Å². The molecule has 5 rings (SSSR count). The summed E-state index contributed by atoms with van der Waals surface area (Å²) in [5.74, 6) is 2.62. The van der Waals surface area contributed by atoms with Crippen LogP contribution in [0.5, 0.6) is 0 Å². The second-order valence-electron chi connectivity index (χ2n) is 7.55. The van der Waals surface area contributed by atoms with Gasteiger partial charge in [-0.3, -0.25) is 19.4 Å². The van der Waals surface area contributed by atoms with Gasteiger partial charge in [-0.05, 0) is 43.1 Å². The Bertz CT molecular complexity index is 1370. The summed E-state index contributed by atoms with van der Waals surface area (Å²) >= 11 is 1.54. The standard InChI is InChI=1S/C20H21N9O2S2/c1-14-9-17(25-24-14)23-19-12-28(11-18-22-7-8-29(18)19)32-16-5-3-15(4-6-16)26-33(30,31)20-10-21-13-27(20)2/h3-10,12-13,26H,11H2,1-2H3,(H2,23,24,25)/p+1. The first-order valence-electron chi connectivity index (χ1n) is 10.0. The van der Waals surface area contributed by atoms with E-state index in [0.717, 1.165) is 33.0 Å². The molecular formula is C20H22N9O2S2+. The molecule has 33 heavy (non-hydrogen) atoms. The fourth-order valence-corrected chi connectivity index (χ4v) is 5.50. The number of nitrogens with one attached hydrogen (secondary N) is 4. The highest BCUT2D eigenvalue weighted by atomic mass is 32.2. The van der Waals surface area contributed by atoms with Gasteiger partial charge in [0.2, 0.25) is 11.7 Å². The summed E-state index contributed by atoms with van der Waals surface area (Å²) in [6, 6.07) is 9.16. The van der Waals surface area contributed by atoms with E-state index in [4.69, 9.17) is 0 Å². The van der Waals surface area contributed by atoms with Gasteiger partial charge in [0, 0.05) is 29.4 Å². The number of hydrogen-bond donors (Lipinski definition) is 4. The molecule has 4 N–H and O–H groups in total. The Morgan fingerprint density at radius 2 is 2.06 bits per heavy atom. The van der Waals surface area contributed by atoms with E-state index in [9.17, 15) is 8.42 Å². The van der Waals surface area contributed by atoms with Gasteiger partial charge < -0.3 is 4.57 Å². The SMILES string of the molecule is Cc1cc(NC2=CN(Sc3ccc(NS(=O)(=O)c4cncn4C)cc3)CC3=NC=C[NH+]23)n[nH]1. The molecule has 0 saturated heterocycles. The first kappa shape index (κ1) is 21.3. The number of imidazole rings is 1. The van der Waals surface area contributed by atoms with Crippen molar-refractivity contribution in [3.05, 3.63) is 73.0 Å². The van der Waals surface area contributed by atoms with Crippen molar-refractivity contribution in [3.63, 3.8) is 0 Å². The fraction of sp³-hybridized carbons (Fsp3) is 0.150. The number of aromatic nitrogens is 4. The maximum Gasteiger partial charge on any atom is 0.279 e. The number of amidine groups is 1. The van der Waals surface area contributed by atoms with Gasteiger partial charge in [0.15, 0.2) is 10.8 Å². The van der Waals surface area contributed by atoms with Crippen molar-refractivity contribution in [1.82, 2.24) is 24.1 Å². The van der Waals surface area contributed by atoms with E-state index in [1.54, 1.807) is 25.4 Å². The monoisotopic (exact) mass is 484 g/mol. The number of sulfonamides is 1. The summed E-state index contributed by atoms with van der Waals surface area (Å²) in [7, 11) is -2.07. The number of benzene rings is 1.